The molecule has 0 aromatic rings. The van der Waals surface area contributed by atoms with Crippen molar-refractivity contribution in [3.63, 3.8) is 0 Å². The van der Waals surface area contributed by atoms with Crippen LogP contribution in [0.25, 0.3) is 0 Å². The van der Waals surface area contributed by atoms with Gasteiger partial charge < -0.3 is 16.4 Å². The summed E-state index contributed by atoms with van der Waals surface area (Å²) in [6.07, 6.45) is 0. The second kappa shape index (κ2) is 115. The van der Waals surface area contributed by atoms with Crippen LogP contribution in [0.4, 0.5) is 0 Å². The Bertz CT molecular complexity index is 25.3. The third-order valence-electron chi connectivity index (χ3n) is 0. The van der Waals surface area contributed by atoms with Gasteiger partial charge in [0.2, 0.25) is 0 Å². The molecule has 8 radical (unpaired) electrons. The first-order valence-electron chi connectivity index (χ1n) is 0. The summed E-state index contributed by atoms with van der Waals surface area (Å²) in [6, 6.07) is 0. The Kier molecular flexibility index (Phi) is 1470. The maximum Gasteiger partial charge on any atom is 3.00 e. The molecule has 11 heteroatoms. The first-order chi connectivity index (χ1) is 0. The average molecular weight is 815 g/mol. The maximum atomic E-state index is 0. The van der Waals surface area contributed by atoms with E-state index in [2.05, 4.69) is 0 Å². The molecule has 0 fully saturated rings. The monoisotopic (exact) mass is 814 g/mol. The Morgan fingerprint density at radius 1 is 0.455 bits per heavy atom. The Balaban J connectivity index is 0. The van der Waals surface area contributed by atoms with Gasteiger partial charge in [-0.1, -0.05) is 0 Å². The van der Waals surface area contributed by atoms with Crippen molar-refractivity contribution < 1.29 is 95.7 Å². The first-order valence-corrected chi connectivity index (χ1v) is 0. The molecular formula is Al2O3Sb2V2W2. The minimum Gasteiger partial charge on any atom is -2.00 e. The molecule has 0 heterocycles. The first kappa shape index (κ1) is 140. The van der Waals surface area contributed by atoms with Crippen molar-refractivity contribution in [2.75, 3.05) is 0 Å². The molecule has 0 spiro atoms. The molecule has 3 nitrogen and oxygen atoms in total. The molecule has 0 saturated heterocycles. The van der Waals surface area contributed by atoms with Gasteiger partial charge >= 0.3 is 34.7 Å². The van der Waals surface area contributed by atoms with Crippen molar-refractivity contribution in [1.29, 1.82) is 0 Å². The summed E-state index contributed by atoms with van der Waals surface area (Å²) in [4.78, 5) is 0. The normalized spacial score (nSPS) is 0. The van der Waals surface area contributed by atoms with Crippen molar-refractivity contribution in [2.24, 2.45) is 0 Å². The second-order valence-electron chi connectivity index (χ2n) is 0. The van der Waals surface area contributed by atoms with E-state index in [0.717, 1.165) is 0 Å². The molecule has 0 saturated carbocycles. The number of hydrogen-bond acceptors (Lipinski definition) is 0. The molecule has 0 rings (SSSR count). The van der Waals surface area contributed by atoms with E-state index in [9.17, 15) is 0 Å². The van der Waals surface area contributed by atoms with Crippen LogP contribution in [0, 0.1) is 0 Å². The van der Waals surface area contributed by atoms with E-state index in [-0.39, 0.29) is 179 Å². The SMILES string of the molecule is [Al+3].[Al+3].[O-2].[O-2].[O-2].[Sb].[Sb].[V].[V].[W].[W]. The van der Waals surface area contributed by atoms with E-state index < -0.39 is 0 Å². The fraction of sp³-hybridized carbons (Fsp3) is 0. The smallest absolute Gasteiger partial charge is 2.00 e. The predicted octanol–water partition coefficient (Wildman–Crippen LogP) is -1.89. The van der Waals surface area contributed by atoms with Crippen molar-refractivity contribution in [1.82, 2.24) is 0 Å². The van der Waals surface area contributed by atoms with Crippen molar-refractivity contribution in [2.45, 2.75) is 0 Å². The average Bonchev–Trinajstić information content (AvgIpc) is 0. The van der Waals surface area contributed by atoms with Gasteiger partial charge in [-0.15, -0.1) is 0 Å². The fourth-order valence-corrected chi connectivity index (χ4v) is 0. The summed E-state index contributed by atoms with van der Waals surface area (Å²) in [5.41, 5.74) is 0. The molecule has 0 aliphatic heterocycles. The molecule has 0 aliphatic carbocycles. The quantitative estimate of drug-likeness (QED) is 0.257. The van der Waals surface area contributed by atoms with Crippen LogP contribution in [0.1, 0.15) is 0 Å². The summed E-state index contributed by atoms with van der Waals surface area (Å²) in [5.74, 6) is 0. The second-order valence-corrected chi connectivity index (χ2v) is 0. The van der Waals surface area contributed by atoms with Crippen LogP contribution in [0.2, 0.25) is 0 Å². The molecular weight excluding hydrogens is 815 g/mol. The Labute approximate surface area is 175 Å². The molecule has 0 aliphatic rings. The molecule has 56 valence electrons. The topological polar surface area (TPSA) is 85.5 Å². The van der Waals surface area contributed by atoms with Gasteiger partial charge in [0, 0.05) is 128 Å². The molecule has 0 aromatic carbocycles. The summed E-state index contributed by atoms with van der Waals surface area (Å²) in [5, 5.41) is 0. The van der Waals surface area contributed by atoms with Gasteiger partial charge in [0.15, 0.2) is 0 Å². The number of rotatable bonds is 0. The van der Waals surface area contributed by atoms with Crippen LogP contribution >= 0.6 is 0 Å². The van der Waals surface area contributed by atoms with Crippen LogP contribution in [-0.2, 0) is 95.7 Å². The van der Waals surface area contributed by atoms with Crippen LogP contribution < -0.4 is 0 Å². The van der Waals surface area contributed by atoms with Gasteiger partial charge in [-0.3, -0.25) is 0 Å². The van der Waals surface area contributed by atoms with Crippen LogP contribution in [0.3, 0.4) is 0 Å². The standard InChI is InChI=1S/2Al.3O.2Sb.2V.2W/q2*+3;3*-2;;;;;;. The summed E-state index contributed by atoms with van der Waals surface area (Å²) in [7, 11) is 0. The maximum absolute atomic E-state index is 0. The minimum absolute atomic E-state index is 0. The van der Waals surface area contributed by atoms with Gasteiger partial charge in [0.1, 0.15) is 0 Å². The van der Waals surface area contributed by atoms with Crippen molar-refractivity contribution in [3.8, 4) is 0 Å². The molecule has 0 aromatic heterocycles. The number of hydrogen-bond donors (Lipinski definition) is 0. The van der Waals surface area contributed by atoms with Gasteiger partial charge in [0.05, 0.1) is 0 Å². The van der Waals surface area contributed by atoms with Gasteiger partial charge in [-0.2, -0.15) is 0 Å². The van der Waals surface area contributed by atoms with Crippen molar-refractivity contribution in [3.05, 3.63) is 0 Å². The predicted molar refractivity (Wildman–Crippen MR) is 25.1 cm³/mol. The van der Waals surface area contributed by atoms with Gasteiger partial charge in [-0.25, -0.2) is 0 Å². The van der Waals surface area contributed by atoms with Gasteiger partial charge in [-0.05, 0) is 0 Å². The third kappa shape index (κ3) is 99.2. The van der Waals surface area contributed by atoms with Crippen LogP contribution in [0.5, 0.6) is 0 Å². The zero-order valence-corrected chi connectivity index (χ0v) is 21.1. The van der Waals surface area contributed by atoms with E-state index in [0.29, 0.717) is 0 Å². The Hall–Kier alpha value is 5.13. The Morgan fingerprint density at radius 2 is 0.455 bits per heavy atom. The minimum atomic E-state index is 0. The van der Waals surface area contributed by atoms with E-state index in [1.165, 1.54) is 0 Å². The van der Waals surface area contributed by atoms with Crippen LogP contribution in [-0.4, -0.2) is 83.6 Å². The van der Waals surface area contributed by atoms with Gasteiger partial charge in [0.25, 0.3) is 0 Å². The Morgan fingerprint density at radius 3 is 0.455 bits per heavy atom. The molecule has 0 atom stereocenters. The van der Waals surface area contributed by atoms with E-state index in [1.807, 2.05) is 0 Å². The van der Waals surface area contributed by atoms with E-state index in [1.54, 1.807) is 0 Å². The summed E-state index contributed by atoms with van der Waals surface area (Å²) >= 11 is 0. The molecule has 0 bridgehead atoms. The zero-order chi connectivity index (χ0) is 0. The zero-order valence-electron chi connectivity index (χ0n) is 4.98. The van der Waals surface area contributed by atoms with Crippen LogP contribution in [0.15, 0.2) is 0 Å². The molecule has 0 unspecified atom stereocenters. The molecule has 0 N–H and O–H groups in total. The summed E-state index contributed by atoms with van der Waals surface area (Å²) < 4.78 is 0. The molecule has 11 heavy (non-hydrogen) atoms. The summed E-state index contributed by atoms with van der Waals surface area (Å²) in [6.45, 7) is 0. The largest absolute Gasteiger partial charge is 3.00 e. The van der Waals surface area contributed by atoms with E-state index >= 15 is 0 Å². The van der Waals surface area contributed by atoms with Crippen molar-refractivity contribution >= 4 is 83.6 Å². The molecule has 0 amide bonds. The third-order valence-corrected chi connectivity index (χ3v) is 0. The van der Waals surface area contributed by atoms with E-state index in [4.69, 9.17) is 0 Å². The fourth-order valence-electron chi connectivity index (χ4n) is 0.